The molecule has 0 aliphatic heterocycles. The second-order valence-corrected chi connectivity index (χ2v) is 11.3. The van der Waals surface area contributed by atoms with E-state index >= 15 is 0 Å². The highest BCUT2D eigenvalue weighted by Gasteiger charge is 2.32. The molecule has 0 radical (unpaired) electrons. The molecule has 0 bridgehead atoms. The van der Waals surface area contributed by atoms with Crippen molar-refractivity contribution in [1.82, 2.24) is 0 Å². The lowest BCUT2D eigenvalue weighted by molar-refractivity contribution is -0.148. The van der Waals surface area contributed by atoms with Crippen LogP contribution in [0.1, 0.15) is 27.7 Å². The molecule has 16 heteroatoms. The Kier molecular flexibility index (Phi) is 17.7. The highest BCUT2D eigenvalue weighted by Crippen LogP contribution is 2.29. The maximum Gasteiger partial charge on any atom is 0.331 e. The molecular weight excluding hydrogens is 496 g/mol. The Labute approximate surface area is 192 Å². The Bertz CT molecular complexity index is 794. The van der Waals surface area contributed by atoms with Crippen LogP contribution in [0.2, 0.25) is 0 Å². The number of carbonyl (C=O) groups is 1. The fourth-order valence-electron chi connectivity index (χ4n) is 2.06. The van der Waals surface area contributed by atoms with Gasteiger partial charge in [0.05, 0.1) is 52.3 Å². The molecule has 0 aromatic heterocycles. The summed E-state index contributed by atoms with van der Waals surface area (Å²) in [4.78, 5) is 11.3. The van der Waals surface area contributed by atoms with Gasteiger partial charge in [0.15, 0.2) is 6.79 Å². The summed E-state index contributed by atoms with van der Waals surface area (Å²) >= 11 is 0. The molecule has 0 atom stereocenters. The van der Waals surface area contributed by atoms with Gasteiger partial charge in [-0.05, 0) is 12.8 Å². The average Bonchev–Trinajstić information content (AvgIpc) is 2.55. The summed E-state index contributed by atoms with van der Waals surface area (Å²) < 4.78 is 96.0. The summed E-state index contributed by atoms with van der Waals surface area (Å²) in [6.07, 6.45) is 2.49. The van der Waals surface area contributed by atoms with Crippen molar-refractivity contribution in [2.24, 2.45) is 5.41 Å². The topological polar surface area (TPSA) is 175 Å². The minimum absolute atomic E-state index is 0. The predicted molar refractivity (Wildman–Crippen MR) is 116 cm³/mol. The molecule has 0 aromatic rings. The van der Waals surface area contributed by atoms with Gasteiger partial charge >= 0.3 is 5.97 Å². The molecule has 13 nitrogen and oxygen atoms in total. The van der Waals surface area contributed by atoms with Crippen molar-refractivity contribution in [3.8, 4) is 0 Å². The van der Waals surface area contributed by atoms with Crippen molar-refractivity contribution >= 4 is 36.3 Å². The number of hydrogen-bond donors (Lipinski definition) is 0. The van der Waals surface area contributed by atoms with E-state index in [1.807, 2.05) is 0 Å². The first kappa shape index (κ1) is 35.7. The zero-order valence-electron chi connectivity index (χ0n) is 17.2. The summed E-state index contributed by atoms with van der Waals surface area (Å²) in [6, 6.07) is 0. The van der Waals surface area contributed by atoms with Gasteiger partial charge < -0.3 is 14.2 Å². The second-order valence-electron chi connectivity index (χ2n) is 6.41. The highest BCUT2D eigenvalue weighted by molar-refractivity contribution is 7.86. The van der Waals surface area contributed by atoms with Crippen LogP contribution in [-0.4, -0.2) is 96.9 Å². The van der Waals surface area contributed by atoms with Crippen molar-refractivity contribution in [3.63, 3.8) is 0 Å². The van der Waals surface area contributed by atoms with E-state index in [1.165, 1.54) is 0 Å². The lowest BCUT2D eigenvalue weighted by Gasteiger charge is -2.33. The van der Waals surface area contributed by atoms with Gasteiger partial charge in [0.1, 0.15) is 6.61 Å². The molecule has 0 fully saturated rings. The van der Waals surface area contributed by atoms with Crippen LogP contribution in [0.3, 0.4) is 0 Å². The molecule has 0 aliphatic carbocycles. The maximum absolute atomic E-state index is 11.3. The standard InChI is InChI=1S/C14H28O13S3.2CH4/c1-22-13(15)9-23-10-14(5-7-25-28(2,16)17,6-8-26-29(3,18)19)11-24-12-27-30(4,20)21;;/h5-12H2,1-4H3;2*1H4. The quantitative estimate of drug-likeness (QED) is 0.107. The number of rotatable bonds is 17. The van der Waals surface area contributed by atoms with Gasteiger partial charge in [0.25, 0.3) is 30.4 Å². The smallest absolute Gasteiger partial charge is 0.331 e. The Morgan fingerprint density at radius 2 is 1.12 bits per heavy atom. The Morgan fingerprint density at radius 1 is 0.719 bits per heavy atom. The van der Waals surface area contributed by atoms with Gasteiger partial charge in [-0.15, -0.1) is 0 Å². The third-order valence-electron chi connectivity index (χ3n) is 3.47. The number of esters is 1. The fraction of sp³-hybridized carbons (Fsp3) is 0.938. The maximum atomic E-state index is 11.3. The summed E-state index contributed by atoms with van der Waals surface area (Å²) in [5.41, 5.74) is -1.11. The van der Waals surface area contributed by atoms with E-state index in [0.717, 1.165) is 25.9 Å². The van der Waals surface area contributed by atoms with Gasteiger partial charge in [-0.2, -0.15) is 25.3 Å². The molecule has 0 saturated heterocycles. The lowest BCUT2D eigenvalue weighted by atomic mass is 9.83. The first-order valence-electron chi connectivity index (χ1n) is 8.33. The van der Waals surface area contributed by atoms with E-state index in [1.54, 1.807) is 0 Å². The molecule has 0 aliphatic rings. The normalized spacial score (nSPS) is 12.5. The SMILES string of the molecule is C.C.COC(=O)COCC(CCOS(C)(=O)=O)(CCOS(C)(=O)=O)COCOS(C)(=O)=O. The predicted octanol–water partition coefficient (Wildman–Crippen LogP) is 0.118. The number of ether oxygens (including phenoxy) is 3. The molecule has 0 aromatic carbocycles. The van der Waals surface area contributed by atoms with Crippen molar-refractivity contribution in [3.05, 3.63) is 0 Å². The van der Waals surface area contributed by atoms with Crippen molar-refractivity contribution < 1.29 is 56.8 Å². The minimum atomic E-state index is -3.77. The van der Waals surface area contributed by atoms with Crippen LogP contribution < -0.4 is 0 Å². The van der Waals surface area contributed by atoms with Crippen LogP contribution in [0.25, 0.3) is 0 Å². The van der Waals surface area contributed by atoms with E-state index in [9.17, 15) is 30.0 Å². The minimum Gasteiger partial charge on any atom is -0.467 e. The monoisotopic (exact) mass is 532 g/mol. The van der Waals surface area contributed by atoms with Gasteiger partial charge in [-0.25, -0.2) is 8.98 Å². The van der Waals surface area contributed by atoms with Crippen LogP contribution in [0, 0.1) is 5.41 Å². The number of carbonyl (C=O) groups excluding carboxylic acids is 1. The summed E-state index contributed by atoms with van der Waals surface area (Å²) in [5, 5.41) is 0. The highest BCUT2D eigenvalue weighted by atomic mass is 32.2. The molecule has 0 unspecified atom stereocenters. The molecule has 0 rings (SSSR count). The number of hydrogen-bond acceptors (Lipinski definition) is 13. The van der Waals surface area contributed by atoms with Gasteiger partial charge in [-0.1, -0.05) is 14.9 Å². The average molecular weight is 533 g/mol. The first-order chi connectivity index (χ1) is 13.6. The largest absolute Gasteiger partial charge is 0.467 e. The lowest BCUT2D eigenvalue weighted by Crippen LogP contribution is -2.37. The van der Waals surface area contributed by atoms with E-state index in [0.29, 0.717) is 0 Å². The van der Waals surface area contributed by atoms with Gasteiger partial charge in [0, 0.05) is 5.41 Å². The van der Waals surface area contributed by atoms with E-state index in [2.05, 4.69) is 8.92 Å². The molecule has 32 heavy (non-hydrogen) atoms. The van der Waals surface area contributed by atoms with Crippen molar-refractivity contribution in [1.29, 1.82) is 0 Å². The van der Waals surface area contributed by atoms with Crippen LogP contribution in [-0.2, 0) is 61.9 Å². The molecule has 0 amide bonds. The van der Waals surface area contributed by atoms with Crippen LogP contribution in [0.4, 0.5) is 0 Å². The Morgan fingerprint density at radius 3 is 1.50 bits per heavy atom. The zero-order chi connectivity index (χ0) is 23.5. The second kappa shape index (κ2) is 15.9. The summed E-state index contributed by atoms with van der Waals surface area (Å²) in [7, 11) is -10.1. The molecule has 0 spiro atoms. The van der Waals surface area contributed by atoms with Crippen molar-refractivity contribution in [2.45, 2.75) is 27.7 Å². The first-order valence-corrected chi connectivity index (χ1v) is 13.8. The summed E-state index contributed by atoms with van der Waals surface area (Å²) in [5.74, 6) is -0.676. The van der Waals surface area contributed by atoms with Crippen LogP contribution >= 0.6 is 0 Å². The zero-order valence-corrected chi connectivity index (χ0v) is 19.6. The summed E-state index contributed by atoms with van der Waals surface area (Å²) in [6.45, 7) is -2.15. The number of methoxy groups -OCH3 is 1. The molecular formula is C16H36O13S3. The van der Waals surface area contributed by atoms with E-state index in [4.69, 9.17) is 17.8 Å². The van der Waals surface area contributed by atoms with E-state index in [-0.39, 0.29) is 54.1 Å². The van der Waals surface area contributed by atoms with Crippen LogP contribution in [0.5, 0.6) is 0 Å². The third kappa shape index (κ3) is 21.0. The molecule has 0 N–H and O–H groups in total. The van der Waals surface area contributed by atoms with Gasteiger partial charge in [0.2, 0.25) is 0 Å². The Hall–Kier alpha value is -0.880. The Balaban J connectivity index is -0.00000420. The third-order valence-corrected chi connectivity index (χ3v) is 5.18. The fourth-order valence-corrected chi connectivity index (χ4v) is 3.08. The van der Waals surface area contributed by atoms with E-state index < -0.39 is 55.1 Å². The molecule has 196 valence electrons. The van der Waals surface area contributed by atoms with Crippen molar-refractivity contribution in [2.75, 3.05) is 65.7 Å². The molecule has 0 saturated carbocycles. The van der Waals surface area contributed by atoms with Gasteiger partial charge in [-0.3, -0.25) is 8.37 Å². The van der Waals surface area contributed by atoms with Crippen LogP contribution in [0.15, 0.2) is 0 Å². The molecule has 0 heterocycles.